The molecule has 0 aromatic rings. The van der Waals surface area contributed by atoms with Crippen molar-refractivity contribution in [3.63, 3.8) is 0 Å². The summed E-state index contributed by atoms with van der Waals surface area (Å²) in [6, 6.07) is 0. The first kappa shape index (κ1) is 24.0. The van der Waals surface area contributed by atoms with E-state index in [1.165, 1.54) is 0 Å². The van der Waals surface area contributed by atoms with Crippen LogP contribution < -0.4 is 0 Å². The molecule has 0 rings (SSSR count). The van der Waals surface area contributed by atoms with Crippen molar-refractivity contribution in [1.82, 2.24) is 0 Å². The van der Waals surface area contributed by atoms with Gasteiger partial charge < -0.3 is 13.6 Å². The van der Waals surface area contributed by atoms with Crippen molar-refractivity contribution < 1.29 is 18.1 Å². The molecule has 0 fully saturated rings. The summed E-state index contributed by atoms with van der Waals surface area (Å²) < 4.78 is 31.8. The van der Waals surface area contributed by atoms with Crippen LogP contribution in [0.3, 0.4) is 0 Å². The van der Waals surface area contributed by atoms with Crippen LogP contribution in [0.2, 0.25) is 0 Å². The molecule has 23 heavy (non-hydrogen) atoms. The van der Waals surface area contributed by atoms with Crippen LogP contribution >= 0.6 is 23.0 Å². The highest BCUT2D eigenvalue weighted by Gasteiger charge is 2.42. The van der Waals surface area contributed by atoms with Crippen molar-refractivity contribution in [3.05, 3.63) is 0 Å². The van der Waals surface area contributed by atoms with Crippen LogP contribution in [-0.4, -0.2) is 35.5 Å². The van der Waals surface area contributed by atoms with Crippen LogP contribution in [0.1, 0.15) is 69.2 Å². The average molecular weight is 386 g/mol. The van der Waals surface area contributed by atoms with E-state index in [2.05, 4.69) is 27.7 Å². The minimum absolute atomic E-state index is 0.0525. The Labute approximate surface area is 146 Å². The Morgan fingerprint density at radius 3 is 1.39 bits per heavy atom. The standard InChI is InChI=1S/C16H37O4P3/c1-12(2)18-21(19-13(3)4)11-23(17,20-14(5)6)22(15(7)8)16(9)10/h12-16H,11H2,1-10H3. The van der Waals surface area contributed by atoms with Gasteiger partial charge in [-0.1, -0.05) is 27.7 Å². The fourth-order valence-corrected chi connectivity index (χ4v) is 16.8. The topological polar surface area (TPSA) is 44.8 Å². The summed E-state index contributed by atoms with van der Waals surface area (Å²) in [5.74, 6) is 0.402. The predicted molar refractivity (Wildman–Crippen MR) is 105 cm³/mol. The van der Waals surface area contributed by atoms with Gasteiger partial charge in [-0.3, -0.25) is 4.57 Å². The molecule has 0 aromatic heterocycles. The highest BCUT2D eigenvalue weighted by atomic mass is 32.1. The third kappa shape index (κ3) is 9.29. The van der Waals surface area contributed by atoms with E-state index in [4.69, 9.17) is 13.6 Å². The second-order valence-corrected chi connectivity index (χ2v) is 16.9. The summed E-state index contributed by atoms with van der Waals surface area (Å²) in [5.41, 5.74) is 0.703. The first-order valence-corrected chi connectivity index (χ1v) is 13.9. The minimum Gasteiger partial charge on any atom is -0.331 e. The van der Waals surface area contributed by atoms with Gasteiger partial charge in [-0.05, 0) is 60.5 Å². The molecule has 0 amide bonds. The molecule has 1 atom stereocenters. The van der Waals surface area contributed by atoms with E-state index < -0.39 is 23.0 Å². The fourth-order valence-electron chi connectivity index (χ4n) is 2.50. The molecule has 0 radical (unpaired) electrons. The molecule has 0 saturated heterocycles. The number of hydrogen-bond acceptors (Lipinski definition) is 4. The summed E-state index contributed by atoms with van der Waals surface area (Å²) in [5, 5.41) is 0. The van der Waals surface area contributed by atoms with Gasteiger partial charge in [-0.2, -0.15) is 0 Å². The Morgan fingerprint density at radius 2 is 1.13 bits per heavy atom. The molecule has 1 unspecified atom stereocenters. The molecule has 7 heteroatoms. The van der Waals surface area contributed by atoms with E-state index >= 15 is 0 Å². The minimum atomic E-state index is -2.82. The Hall–Kier alpha value is 0.970. The quantitative estimate of drug-likeness (QED) is 0.358. The molecule has 0 aliphatic heterocycles. The summed E-state index contributed by atoms with van der Waals surface area (Å²) >= 11 is 0. The van der Waals surface area contributed by atoms with Gasteiger partial charge in [0.1, 0.15) is 0 Å². The second-order valence-electron chi connectivity index (χ2n) is 7.14. The van der Waals surface area contributed by atoms with E-state index in [-0.39, 0.29) is 18.3 Å². The van der Waals surface area contributed by atoms with Gasteiger partial charge in [0, 0.05) is 0 Å². The largest absolute Gasteiger partial charge is 0.331 e. The average Bonchev–Trinajstić information content (AvgIpc) is 2.22. The van der Waals surface area contributed by atoms with Gasteiger partial charge in [0.25, 0.3) is 0 Å². The van der Waals surface area contributed by atoms with Crippen molar-refractivity contribution in [3.8, 4) is 0 Å². The molecule has 4 nitrogen and oxygen atoms in total. The lowest BCUT2D eigenvalue weighted by molar-refractivity contribution is 0.178. The predicted octanol–water partition coefficient (Wildman–Crippen LogP) is 7.02. The van der Waals surface area contributed by atoms with Gasteiger partial charge in [-0.15, -0.1) is 0 Å². The van der Waals surface area contributed by atoms with Crippen molar-refractivity contribution in [1.29, 1.82) is 0 Å². The molecule has 0 saturated carbocycles. The van der Waals surface area contributed by atoms with Gasteiger partial charge in [0.05, 0.1) is 24.2 Å². The second kappa shape index (κ2) is 10.8. The summed E-state index contributed by atoms with van der Waals surface area (Å²) in [6.45, 7) is 20.5. The lowest BCUT2D eigenvalue weighted by Crippen LogP contribution is -2.13. The molecular formula is C16H37O4P3. The zero-order valence-corrected chi connectivity index (χ0v) is 19.3. The van der Waals surface area contributed by atoms with E-state index in [0.717, 1.165) is 0 Å². The zero-order valence-electron chi connectivity index (χ0n) is 16.6. The molecule has 0 bridgehead atoms. The highest BCUT2D eigenvalue weighted by molar-refractivity contribution is 8.32. The summed E-state index contributed by atoms with van der Waals surface area (Å²) in [4.78, 5) is 0. The van der Waals surface area contributed by atoms with Crippen LogP contribution in [0.15, 0.2) is 0 Å². The van der Waals surface area contributed by atoms with Gasteiger partial charge >= 0.3 is 0 Å². The Balaban J connectivity index is 5.52. The van der Waals surface area contributed by atoms with E-state index in [9.17, 15) is 4.57 Å². The first-order valence-electron chi connectivity index (χ1n) is 8.56. The smallest absolute Gasteiger partial charge is 0.231 e. The molecule has 140 valence electrons. The molecular weight excluding hydrogens is 349 g/mol. The van der Waals surface area contributed by atoms with Crippen LogP contribution in [-0.2, 0) is 18.1 Å². The van der Waals surface area contributed by atoms with Gasteiger partial charge in [0.15, 0.2) is 8.38 Å². The van der Waals surface area contributed by atoms with Crippen LogP contribution in [0.5, 0.6) is 0 Å². The van der Waals surface area contributed by atoms with Crippen molar-refractivity contribution >= 4 is 23.0 Å². The van der Waals surface area contributed by atoms with E-state index in [0.29, 0.717) is 17.2 Å². The Bertz CT molecular complexity index is 352. The molecule has 0 aliphatic rings. The van der Waals surface area contributed by atoms with Crippen molar-refractivity contribution in [2.75, 3.05) is 5.90 Å². The maximum Gasteiger partial charge on any atom is 0.231 e. The molecule has 0 aromatic carbocycles. The highest BCUT2D eigenvalue weighted by Crippen LogP contribution is 2.83. The lowest BCUT2D eigenvalue weighted by atomic mass is 10.5. The SMILES string of the molecule is CC(C)OP(CP(=O)(OC(C)C)P(C(C)C)C(C)C)OC(C)C. The summed E-state index contributed by atoms with van der Waals surface area (Å²) in [7, 11) is -4.78. The Morgan fingerprint density at radius 1 is 0.739 bits per heavy atom. The third-order valence-corrected chi connectivity index (χ3v) is 16.3. The van der Waals surface area contributed by atoms with Gasteiger partial charge in [-0.25, -0.2) is 0 Å². The normalized spacial score (nSPS) is 15.9. The van der Waals surface area contributed by atoms with E-state index in [1.807, 2.05) is 41.5 Å². The maximum absolute atomic E-state index is 13.8. The first-order chi connectivity index (χ1) is 10.4. The number of rotatable bonds is 11. The monoisotopic (exact) mass is 386 g/mol. The van der Waals surface area contributed by atoms with Crippen molar-refractivity contribution in [2.45, 2.75) is 98.9 Å². The van der Waals surface area contributed by atoms with Crippen LogP contribution in [0.4, 0.5) is 0 Å². The summed E-state index contributed by atoms with van der Waals surface area (Å²) in [6.07, 6.45) is 0.0478. The van der Waals surface area contributed by atoms with Crippen molar-refractivity contribution in [2.24, 2.45) is 0 Å². The fraction of sp³-hybridized carbons (Fsp3) is 1.00. The molecule has 0 heterocycles. The lowest BCUT2D eigenvalue weighted by Gasteiger charge is -2.36. The Kier molecular flexibility index (Phi) is 11.3. The maximum atomic E-state index is 13.8. The van der Waals surface area contributed by atoms with Crippen LogP contribution in [0, 0.1) is 0 Å². The van der Waals surface area contributed by atoms with Gasteiger partial charge in [0.2, 0.25) is 7.06 Å². The zero-order chi connectivity index (χ0) is 18.4. The van der Waals surface area contributed by atoms with Crippen LogP contribution in [0.25, 0.3) is 0 Å². The van der Waals surface area contributed by atoms with E-state index in [1.54, 1.807) is 0 Å². The third-order valence-electron chi connectivity index (χ3n) is 2.74. The molecule has 0 aliphatic carbocycles. The molecule has 0 spiro atoms. The number of hydrogen-bond donors (Lipinski definition) is 0. The molecule has 0 N–H and O–H groups in total.